The van der Waals surface area contributed by atoms with E-state index in [0.717, 1.165) is 22.0 Å². The Kier molecular flexibility index (Phi) is 5.09. The van der Waals surface area contributed by atoms with Gasteiger partial charge in [-0.2, -0.15) is 5.10 Å². The van der Waals surface area contributed by atoms with Crippen LogP contribution in [0.4, 0.5) is 0 Å². The van der Waals surface area contributed by atoms with Crippen LogP contribution in [0.25, 0.3) is 10.8 Å². The summed E-state index contributed by atoms with van der Waals surface area (Å²) in [6.07, 6.45) is 0. The van der Waals surface area contributed by atoms with Crippen LogP contribution in [0.2, 0.25) is 0 Å². The van der Waals surface area contributed by atoms with Crippen molar-refractivity contribution in [3.63, 3.8) is 0 Å². The first-order chi connectivity index (χ1) is 12.1. The summed E-state index contributed by atoms with van der Waals surface area (Å²) < 4.78 is 5.55. The molecule has 3 aromatic carbocycles. The Morgan fingerprint density at radius 1 is 1.00 bits per heavy atom. The lowest BCUT2D eigenvalue weighted by Gasteiger charge is -2.07. The number of nitrogens with one attached hydrogen (secondary N) is 1. The Morgan fingerprint density at radius 2 is 1.72 bits per heavy atom. The van der Waals surface area contributed by atoms with Crippen LogP contribution in [0.5, 0.6) is 5.75 Å². The smallest absolute Gasteiger partial charge is 0.277 e. The van der Waals surface area contributed by atoms with E-state index in [0.29, 0.717) is 5.75 Å². The number of hydrogen-bond acceptors (Lipinski definition) is 3. The number of rotatable bonds is 5. The van der Waals surface area contributed by atoms with E-state index in [2.05, 4.69) is 10.5 Å². The third kappa shape index (κ3) is 4.44. The molecule has 1 amide bonds. The minimum atomic E-state index is -0.292. The van der Waals surface area contributed by atoms with E-state index in [9.17, 15) is 4.79 Å². The van der Waals surface area contributed by atoms with Gasteiger partial charge in [-0.3, -0.25) is 4.79 Å². The Morgan fingerprint density at radius 3 is 2.48 bits per heavy atom. The molecule has 0 saturated carbocycles. The van der Waals surface area contributed by atoms with E-state index in [1.807, 2.05) is 80.6 Å². The SMILES string of the molecule is CC(=NNC(=O)COc1ccc2ccccc2c1)c1ccc(C)cc1. The molecule has 3 rings (SSSR count). The Balaban J connectivity index is 1.56. The molecule has 0 bridgehead atoms. The van der Waals surface area contributed by atoms with Crippen LogP contribution in [0.15, 0.2) is 71.8 Å². The lowest BCUT2D eigenvalue weighted by molar-refractivity contribution is -0.123. The van der Waals surface area contributed by atoms with Gasteiger partial charge in [-0.1, -0.05) is 60.2 Å². The number of nitrogens with zero attached hydrogens (tertiary/aromatic N) is 1. The second kappa shape index (κ2) is 7.62. The number of hydrogen-bond donors (Lipinski definition) is 1. The summed E-state index contributed by atoms with van der Waals surface area (Å²) >= 11 is 0. The van der Waals surface area contributed by atoms with Gasteiger partial charge in [0, 0.05) is 0 Å². The zero-order valence-corrected chi connectivity index (χ0v) is 14.3. The van der Waals surface area contributed by atoms with Gasteiger partial charge in [0.05, 0.1) is 5.71 Å². The van der Waals surface area contributed by atoms with Crippen molar-refractivity contribution >= 4 is 22.4 Å². The van der Waals surface area contributed by atoms with Gasteiger partial charge >= 0.3 is 0 Å². The van der Waals surface area contributed by atoms with Gasteiger partial charge in [-0.15, -0.1) is 0 Å². The molecular weight excluding hydrogens is 312 g/mol. The maximum Gasteiger partial charge on any atom is 0.277 e. The molecule has 0 fully saturated rings. The second-order valence-electron chi connectivity index (χ2n) is 5.90. The standard InChI is InChI=1S/C21H20N2O2/c1-15-7-9-17(10-8-15)16(2)22-23-21(24)14-25-20-12-11-18-5-3-4-6-19(18)13-20/h3-13H,14H2,1-2H3,(H,23,24). The van der Waals surface area contributed by atoms with Gasteiger partial charge in [0.1, 0.15) is 5.75 Å². The molecule has 1 N–H and O–H groups in total. The van der Waals surface area contributed by atoms with Crippen LogP contribution in [0.3, 0.4) is 0 Å². The molecule has 0 aliphatic carbocycles. The third-order valence-electron chi connectivity index (χ3n) is 3.91. The van der Waals surface area contributed by atoms with E-state index in [4.69, 9.17) is 4.74 Å². The first kappa shape index (κ1) is 16.7. The average molecular weight is 332 g/mol. The number of ether oxygens (including phenoxy) is 1. The molecule has 0 heterocycles. The monoisotopic (exact) mass is 332 g/mol. The van der Waals surface area contributed by atoms with E-state index < -0.39 is 0 Å². The van der Waals surface area contributed by atoms with Crippen LogP contribution in [-0.2, 0) is 4.79 Å². The van der Waals surface area contributed by atoms with Gasteiger partial charge in [0.25, 0.3) is 5.91 Å². The van der Waals surface area contributed by atoms with Crippen molar-refractivity contribution in [1.82, 2.24) is 5.43 Å². The van der Waals surface area contributed by atoms with Crippen molar-refractivity contribution in [1.29, 1.82) is 0 Å². The lowest BCUT2D eigenvalue weighted by atomic mass is 10.1. The predicted octanol–water partition coefficient (Wildman–Crippen LogP) is 4.07. The van der Waals surface area contributed by atoms with Crippen LogP contribution in [-0.4, -0.2) is 18.2 Å². The maximum atomic E-state index is 11.9. The Labute approximate surface area is 147 Å². The van der Waals surface area contributed by atoms with Gasteiger partial charge in [0.2, 0.25) is 0 Å². The van der Waals surface area contributed by atoms with Crippen LogP contribution in [0, 0.1) is 6.92 Å². The molecule has 0 unspecified atom stereocenters. The van der Waals surface area contributed by atoms with Gasteiger partial charge in [-0.05, 0) is 42.3 Å². The van der Waals surface area contributed by atoms with Crippen LogP contribution in [0.1, 0.15) is 18.1 Å². The largest absolute Gasteiger partial charge is 0.484 e. The predicted molar refractivity (Wildman–Crippen MR) is 101 cm³/mol. The number of fused-ring (bicyclic) bond motifs is 1. The number of carbonyl (C=O) groups excluding carboxylic acids is 1. The summed E-state index contributed by atoms with van der Waals surface area (Å²) in [6.45, 7) is 3.81. The van der Waals surface area contributed by atoms with Crippen molar-refractivity contribution in [2.75, 3.05) is 6.61 Å². The van der Waals surface area contributed by atoms with E-state index >= 15 is 0 Å². The van der Waals surface area contributed by atoms with Crippen molar-refractivity contribution < 1.29 is 9.53 Å². The molecule has 0 atom stereocenters. The topological polar surface area (TPSA) is 50.7 Å². The van der Waals surface area contributed by atoms with Crippen molar-refractivity contribution in [3.05, 3.63) is 77.9 Å². The number of aryl methyl sites for hydroxylation is 1. The number of carbonyl (C=O) groups is 1. The second-order valence-corrected chi connectivity index (χ2v) is 5.90. The molecule has 3 aromatic rings. The Bertz CT molecular complexity index is 915. The molecule has 0 radical (unpaired) electrons. The molecule has 0 aliphatic rings. The van der Waals surface area contributed by atoms with Gasteiger partial charge in [0.15, 0.2) is 6.61 Å². The summed E-state index contributed by atoms with van der Waals surface area (Å²) in [5.41, 5.74) is 5.43. The highest BCUT2D eigenvalue weighted by molar-refractivity contribution is 5.99. The van der Waals surface area contributed by atoms with Crippen LogP contribution >= 0.6 is 0 Å². The maximum absolute atomic E-state index is 11.9. The first-order valence-corrected chi connectivity index (χ1v) is 8.13. The van der Waals surface area contributed by atoms with Gasteiger partial charge in [-0.25, -0.2) is 5.43 Å². The zero-order chi connectivity index (χ0) is 17.6. The molecule has 0 aliphatic heterocycles. The molecule has 126 valence electrons. The van der Waals surface area contributed by atoms with E-state index in [1.165, 1.54) is 5.56 Å². The molecule has 4 nitrogen and oxygen atoms in total. The molecule has 4 heteroatoms. The highest BCUT2D eigenvalue weighted by Crippen LogP contribution is 2.20. The molecule has 0 saturated heterocycles. The average Bonchev–Trinajstić information content (AvgIpc) is 2.65. The fraction of sp³-hybridized carbons (Fsp3) is 0.143. The molecule has 0 aromatic heterocycles. The van der Waals surface area contributed by atoms with Crippen LogP contribution < -0.4 is 10.2 Å². The summed E-state index contributed by atoms with van der Waals surface area (Å²) in [5.74, 6) is 0.368. The minimum absolute atomic E-state index is 0.0803. The normalized spacial score (nSPS) is 11.4. The Hall–Kier alpha value is -3.14. The lowest BCUT2D eigenvalue weighted by Crippen LogP contribution is -2.25. The highest BCUT2D eigenvalue weighted by atomic mass is 16.5. The minimum Gasteiger partial charge on any atom is -0.484 e. The van der Waals surface area contributed by atoms with Gasteiger partial charge < -0.3 is 4.74 Å². The summed E-state index contributed by atoms with van der Waals surface area (Å²) in [7, 11) is 0. The van der Waals surface area contributed by atoms with E-state index in [1.54, 1.807) is 0 Å². The molecular formula is C21H20N2O2. The summed E-state index contributed by atoms with van der Waals surface area (Å²) in [5, 5.41) is 6.34. The fourth-order valence-corrected chi connectivity index (χ4v) is 2.44. The molecule has 25 heavy (non-hydrogen) atoms. The fourth-order valence-electron chi connectivity index (χ4n) is 2.44. The quantitative estimate of drug-likeness (QED) is 0.566. The number of amides is 1. The molecule has 0 spiro atoms. The third-order valence-corrected chi connectivity index (χ3v) is 3.91. The van der Waals surface area contributed by atoms with Crippen molar-refractivity contribution in [2.45, 2.75) is 13.8 Å². The number of benzene rings is 3. The zero-order valence-electron chi connectivity index (χ0n) is 14.3. The summed E-state index contributed by atoms with van der Waals surface area (Å²) in [6, 6.07) is 21.7. The first-order valence-electron chi connectivity index (χ1n) is 8.13. The number of hydrazone groups is 1. The van der Waals surface area contributed by atoms with Crippen molar-refractivity contribution in [3.8, 4) is 5.75 Å². The van der Waals surface area contributed by atoms with Crippen molar-refractivity contribution in [2.24, 2.45) is 5.10 Å². The highest BCUT2D eigenvalue weighted by Gasteiger charge is 2.04. The summed E-state index contributed by atoms with van der Waals surface area (Å²) in [4.78, 5) is 11.9. The van der Waals surface area contributed by atoms with E-state index in [-0.39, 0.29) is 12.5 Å².